The Morgan fingerprint density at radius 3 is 3.00 bits per heavy atom. The minimum Gasteiger partial charge on any atom is -0.366 e. The molecule has 1 unspecified atom stereocenters. The van der Waals surface area contributed by atoms with Crippen LogP contribution in [-0.2, 0) is 23.0 Å². The van der Waals surface area contributed by atoms with Gasteiger partial charge in [0, 0.05) is 12.1 Å². The smallest absolute Gasteiger partial charge is 0.227 e. The molecule has 2 heterocycles. The van der Waals surface area contributed by atoms with E-state index in [-0.39, 0.29) is 24.4 Å². The minimum absolute atomic E-state index is 0.0377. The first-order chi connectivity index (χ1) is 11.0. The molecule has 0 spiro atoms. The molecule has 0 N–H and O–H groups in total. The zero-order valence-corrected chi connectivity index (χ0v) is 12.4. The van der Waals surface area contributed by atoms with Gasteiger partial charge < -0.3 is 9.64 Å². The first kappa shape index (κ1) is 15.5. The maximum atomic E-state index is 13.7. The molecule has 0 radical (unpaired) electrons. The predicted molar refractivity (Wildman–Crippen MR) is 74.1 cm³/mol. The number of carbonyl (C=O) groups excluding carboxylic acids is 1. The molecule has 0 saturated carbocycles. The molecule has 1 aromatic carbocycles. The third kappa shape index (κ3) is 3.34. The number of morpholine rings is 1. The van der Waals surface area contributed by atoms with Gasteiger partial charge in [0.05, 0.1) is 26.6 Å². The fourth-order valence-electron chi connectivity index (χ4n) is 2.42. The summed E-state index contributed by atoms with van der Waals surface area (Å²) in [5, 5.41) is 11.7. The number of amides is 1. The second kappa shape index (κ2) is 6.37. The molecule has 2 aromatic rings. The lowest BCUT2D eigenvalue weighted by Crippen LogP contribution is -2.43. The summed E-state index contributed by atoms with van der Waals surface area (Å²) in [6, 6.07) is 3.80. The summed E-state index contributed by atoms with van der Waals surface area (Å²) in [4.78, 5) is 15.2. The van der Waals surface area contributed by atoms with Crippen molar-refractivity contribution in [3.8, 4) is 0 Å². The van der Waals surface area contributed by atoms with E-state index >= 15 is 0 Å². The van der Waals surface area contributed by atoms with Crippen molar-refractivity contribution >= 4 is 5.91 Å². The van der Waals surface area contributed by atoms with E-state index in [1.807, 2.05) is 0 Å². The van der Waals surface area contributed by atoms with Crippen LogP contribution in [0.4, 0.5) is 8.78 Å². The molecule has 0 aliphatic carbocycles. The highest BCUT2D eigenvalue weighted by Crippen LogP contribution is 2.20. The van der Waals surface area contributed by atoms with Gasteiger partial charge in [0.25, 0.3) is 0 Å². The molecular weight excluding hydrogens is 308 g/mol. The minimum atomic E-state index is -0.985. The Bertz CT molecular complexity index is 721. The molecule has 1 saturated heterocycles. The Morgan fingerprint density at radius 2 is 2.26 bits per heavy atom. The number of hydrogen-bond acceptors (Lipinski definition) is 5. The summed E-state index contributed by atoms with van der Waals surface area (Å²) >= 11 is 0. The van der Waals surface area contributed by atoms with Gasteiger partial charge in [-0.05, 0) is 11.3 Å². The third-order valence-electron chi connectivity index (χ3n) is 3.60. The number of tetrazole rings is 1. The van der Waals surface area contributed by atoms with E-state index in [0.717, 1.165) is 6.07 Å². The summed E-state index contributed by atoms with van der Waals surface area (Å²) in [7, 11) is 1.63. The standard InChI is InChI=1S/C14H15F2N5O2/c1-20-18-14(17-19-20)11-8-21(5-6-23-11)12(22)7-9-3-2-4-10(15)13(9)16/h2-4,11H,5-8H2,1H3. The van der Waals surface area contributed by atoms with Crippen LogP contribution >= 0.6 is 0 Å². The topological polar surface area (TPSA) is 73.1 Å². The average Bonchev–Trinajstić information content (AvgIpc) is 2.98. The van der Waals surface area contributed by atoms with Crippen LogP contribution in [0.5, 0.6) is 0 Å². The number of ether oxygens (including phenoxy) is 1. The number of rotatable bonds is 3. The quantitative estimate of drug-likeness (QED) is 0.828. The van der Waals surface area contributed by atoms with Crippen molar-refractivity contribution in [2.45, 2.75) is 12.5 Å². The van der Waals surface area contributed by atoms with Gasteiger partial charge in [0.15, 0.2) is 11.6 Å². The summed E-state index contributed by atoms with van der Waals surface area (Å²) in [6.07, 6.45) is -0.678. The highest BCUT2D eigenvalue weighted by molar-refractivity contribution is 5.79. The van der Waals surface area contributed by atoms with Gasteiger partial charge >= 0.3 is 0 Å². The Morgan fingerprint density at radius 1 is 1.43 bits per heavy atom. The lowest BCUT2D eigenvalue weighted by molar-refractivity contribution is -0.138. The molecule has 1 aromatic heterocycles. The van der Waals surface area contributed by atoms with E-state index < -0.39 is 17.7 Å². The molecule has 3 rings (SSSR count). The van der Waals surface area contributed by atoms with Crippen LogP contribution in [-0.4, -0.2) is 50.7 Å². The van der Waals surface area contributed by atoms with Crippen LogP contribution in [0.15, 0.2) is 18.2 Å². The van der Waals surface area contributed by atoms with E-state index in [1.54, 1.807) is 7.05 Å². The van der Waals surface area contributed by atoms with E-state index in [9.17, 15) is 13.6 Å². The fourth-order valence-corrected chi connectivity index (χ4v) is 2.42. The molecule has 1 aliphatic heterocycles. The number of aromatic nitrogens is 4. The second-order valence-electron chi connectivity index (χ2n) is 5.23. The van der Waals surface area contributed by atoms with Crippen LogP contribution in [0.1, 0.15) is 17.5 Å². The molecular formula is C14H15F2N5O2. The Hall–Kier alpha value is -2.42. The number of carbonyl (C=O) groups is 1. The van der Waals surface area contributed by atoms with Gasteiger partial charge in [-0.3, -0.25) is 4.79 Å². The van der Waals surface area contributed by atoms with Crippen molar-refractivity contribution in [1.29, 1.82) is 0 Å². The van der Waals surface area contributed by atoms with Gasteiger partial charge in [-0.1, -0.05) is 12.1 Å². The number of hydrogen-bond donors (Lipinski definition) is 0. The first-order valence-electron chi connectivity index (χ1n) is 7.11. The molecule has 1 atom stereocenters. The molecule has 9 heteroatoms. The van der Waals surface area contributed by atoms with Crippen molar-refractivity contribution in [2.24, 2.45) is 7.05 Å². The Labute approximate surface area is 130 Å². The number of benzene rings is 1. The maximum Gasteiger partial charge on any atom is 0.227 e. The molecule has 1 amide bonds. The van der Waals surface area contributed by atoms with Crippen LogP contribution in [0.3, 0.4) is 0 Å². The van der Waals surface area contributed by atoms with Crippen molar-refractivity contribution in [2.75, 3.05) is 19.7 Å². The van der Waals surface area contributed by atoms with Crippen molar-refractivity contribution < 1.29 is 18.3 Å². The first-order valence-corrected chi connectivity index (χ1v) is 7.11. The summed E-state index contributed by atoms with van der Waals surface area (Å²) in [5.74, 6) is -1.85. The van der Waals surface area contributed by atoms with Crippen molar-refractivity contribution in [3.05, 3.63) is 41.2 Å². The van der Waals surface area contributed by atoms with Crippen LogP contribution in [0.25, 0.3) is 0 Å². The van der Waals surface area contributed by atoms with E-state index in [2.05, 4.69) is 15.4 Å². The molecule has 122 valence electrons. The van der Waals surface area contributed by atoms with Crippen molar-refractivity contribution in [1.82, 2.24) is 25.1 Å². The summed E-state index contributed by atoms with van der Waals surface area (Å²) in [5.41, 5.74) is 0.0377. The van der Waals surface area contributed by atoms with Gasteiger partial charge in [-0.25, -0.2) is 8.78 Å². The Balaban J connectivity index is 1.68. The van der Waals surface area contributed by atoms with Crippen LogP contribution < -0.4 is 0 Å². The summed E-state index contributed by atoms with van der Waals surface area (Å²) in [6.45, 7) is 0.953. The average molecular weight is 323 g/mol. The number of halogens is 2. The zero-order chi connectivity index (χ0) is 16.4. The SMILES string of the molecule is Cn1nnc(C2CN(C(=O)Cc3cccc(F)c3F)CCO2)n1. The summed E-state index contributed by atoms with van der Waals surface area (Å²) < 4.78 is 32.4. The van der Waals surface area contributed by atoms with E-state index in [1.165, 1.54) is 21.8 Å². The molecule has 0 bridgehead atoms. The van der Waals surface area contributed by atoms with Crippen molar-refractivity contribution in [3.63, 3.8) is 0 Å². The Kier molecular flexibility index (Phi) is 4.28. The third-order valence-corrected chi connectivity index (χ3v) is 3.60. The zero-order valence-electron chi connectivity index (χ0n) is 12.4. The lowest BCUT2D eigenvalue weighted by Gasteiger charge is -2.31. The second-order valence-corrected chi connectivity index (χ2v) is 5.23. The molecule has 1 aliphatic rings. The van der Waals surface area contributed by atoms with E-state index in [4.69, 9.17) is 4.74 Å². The normalized spacial score (nSPS) is 18.2. The van der Waals surface area contributed by atoms with Gasteiger partial charge in [0.2, 0.25) is 11.7 Å². The monoisotopic (exact) mass is 323 g/mol. The maximum absolute atomic E-state index is 13.7. The molecule has 7 nitrogen and oxygen atoms in total. The predicted octanol–water partition coefficient (Wildman–Crippen LogP) is 0.631. The lowest BCUT2D eigenvalue weighted by atomic mass is 10.1. The number of aryl methyl sites for hydroxylation is 1. The van der Waals surface area contributed by atoms with Gasteiger partial charge in [-0.15, -0.1) is 10.2 Å². The molecule has 1 fully saturated rings. The highest BCUT2D eigenvalue weighted by atomic mass is 19.2. The number of nitrogens with zero attached hydrogens (tertiary/aromatic N) is 5. The fraction of sp³-hybridized carbons (Fsp3) is 0.429. The van der Waals surface area contributed by atoms with Gasteiger partial charge in [-0.2, -0.15) is 4.80 Å². The highest BCUT2D eigenvalue weighted by Gasteiger charge is 2.28. The van der Waals surface area contributed by atoms with Crippen LogP contribution in [0.2, 0.25) is 0 Å². The van der Waals surface area contributed by atoms with Crippen LogP contribution in [0, 0.1) is 11.6 Å². The largest absolute Gasteiger partial charge is 0.366 e. The van der Waals surface area contributed by atoms with Gasteiger partial charge in [0.1, 0.15) is 6.10 Å². The molecule has 23 heavy (non-hydrogen) atoms. The van der Waals surface area contributed by atoms with E-state index in [0.29, 0.717) is 19.0 Å².